The van der Waals surface area contributed by atoms with Crippen molar-refractivity contribution in [2.24, 2.45) is 5.92 Å². The van der Waals surface area contributed by atoms with Gasteiger partial charge in [-0.1, -0.05) is 40.5 Å². The molecule has 0 aromatic heterocycles. The Bertz CT molecular complexity index is 929. The van der Waals surface area contributed by atoms with Gasteiger partial charge in [0.2, 0.25) is 5.79 Å². The number of nitrogens with one attached hydrogen (secondary N) is 1. The van der Waals surface area contributed by atoms with E-state index in [2.05, 4.69) is 5.32 Å². The molecule has 9 heteroatoms. The molecule has 1 aromatic rings. The Balaban J connectivity index is 2.70. The number of carbonyl (C=O) groups excluding carboxylic acids is 2. The minimum absolute atomic E-state index is 0.00234. The van der Waals surface area contributed by atoms with Crippen molar-refractivity contribution in [3.63, 3.8) is 0 Å². The van der Waals surface area contributed by atoms with Crippen molar-refractivity contribution < 1.29 is 33.7 Å². The van der Waals surface area contributed by atoms with E-state index in [0.717, 1.165) is 25.7 Å². The number of carboxylic acid groups (broad SMARTS) is 1. The number of alkyl carbamates (subject to hydrolysis) is 1. The molecule has 2 N–H and O–H groups in total. The Morgan fingerprint density at radius 3 is 2.19 bits per heavy atom. The van der Waals surface area contributed by atoms with Crippen LogP contribution in [-0.2, 0) is 20.0 Å². The van der Waals surface area contributed by atoms with Crippen molar-refractivity contribution in [2.75, 3.05) is 26.3 Å². The first-order chi connectivity index (χ1) is 17.4. The molecule has 1 unspecified atom stereocenters. The lowest BCUT2D eigenvalue weighted by molar-refractivity contribution is -0.279. The number of hydrogen-bond donors (Lipinski definition) is 2. The number of carboxylic acids is 1. The fraction of sp³-hybridized carbons (Fsp3) is 0.679. The van der Waals surface area contributed by atoms with Gasteiger partial charge < -0.3 is 29.5 Å². The lowest BCUT2D eigenvalue weighted by Gasteiger charge is -2.50. The molecule has 1 aliphatic heterocycles. The number of amides is 2. The average Bonchev–Trinajstić information content (AvgIpc) is 2.80. The van der Waals surface area contributed by atoms with Gasteiger partial charge in [0.15, 0.2) is 0 Å². The van der Waals surface area contributed by atoms with Crippen LogP contribution in [0.15, 0.2) is 18.2 Å². The Morgan fingerprint density at radius 2 is 1.70 bits per heavy atom. The number of hydrogen-bond acceptors (Lipinski definition) is 6. The van der Waals surface area contributed by atoms with Crippen molar-refractivity contribution in [3.05, 3.63) is 34.9 Å². The quantitative estimate of drug-likeness (QED) is 0.272. The van der Waals surface area contributed by atoms with E-state index in [1.165, 1.54) is 18.2 Å². The van der Waals surface area contributed by atoms with Crippen LogP contribution in [0.4, 0.5) is 4.79 Å². The summed E-state index contributed by atoms with van der Waals surface area (Å²) in [6.07, 6.45) is 2.63. The Labute approximate surface area is 220 Å². The van der Waals surface area contributed by atoms with Crippen molar-refractivity contribution in [1.29, 1.82) is 0 Å². The molecule has 208 valence electrons. The standard InChI is InChI=1S/C28H44N2O7/c1-8-10-14-35-28(36-15-11-9-2)22-16-20(25(32)33)12-13-21(22)24(31)30(18-19(3)4)23(28)17-29-26(34)37-27(5,6)7/h12-13,16,19,23H,8-11,14-15,17-18H2,1-7H3,(H,29,34)(H,32,33). The van der Waals surface area contributed by atoms with E-state index in [9.17, 15) is 19.5 Å². The summed E-state index contributed by atoms with van der Waals surface area (Å²) in [6.45, 7) is 14.5. The van der Waals surface area contributed by atoms with E-state index in [1.54, 1.807) is 25.7 Å². The van der Waals surface area contributed by atoms with Gasteiger partial charge in [0.25, 0.3) is 5.91 Å². The fourth-order valence-electron chi connectivity index (χ4n) is 4.30. The van der Waals surface area contributed by atoms with Crippen LogP contribution in [0.1, 0.15) is 100 Å². The predicted molar refractivity (Wildman–Crippen MR) is 141 cm³/mol. The second kappa shape index (κ2) is 13.2. The summed E-state index contributed by atoms with van der Waals surface area (Å²) in [5.41, 5.74) is 0.0532. The van der Waals surface area contributed by atoms with Crippen molar-refractivity contribution in [1.82, 2.24) is 10.2 Å². The third kappa shape index (κ3) is 7.92. The summed E-state index contributed by atoms with van der Waals surface area (Å²) < 4.78 is 18.5. The summed E-state index contributed by atoms with van der Waals surface area (Å²) in [7, 11) is 0. The highest BCUT2D eigenvalue weighted by molar-refractivity contribution is 5.99. The first kappa shape index (κ1) is 30.6. The second-order valence-corrected chi connectivity index (χ2v) is 10.9. The van der Waals surface area contributed by atoms with Crippen LogP contribution in [-0.4, -0.2) is 65.9 Å². The van der Waals surface area contributed by atoms with Crippen LogP contribution in [0.5, 0.6) is 0 Å². The van der Waals surface area contributed by atoms with Crippen LogP contribution < -0.4 is 5.32 Å². The lowest BCUT2D eigenvalue weighted by Crippen LogP contribution is -2.64. The Hall–Kier alpha value is -2.65. The van der Waals surface area contributed by atoms with E-state index in [4.69, 9.17) is 14.2 Å². The van der Waals surface area contributed by atoms with Crippen LogP contribution in [0, 0.1) is 5.92 Å². The smallest absolute Gasteiger partial charge is 0.407 e. The first-order valence-corrected chi connectivity index (χ1v) is 13.3. The largest absolute Gasteiger partial charge is 0.478 e. The SMILES string of the molecule is CCCCOC1(OCCCC)c2cc(C(=O)O)ccc2C(=O)N(CC(C)C)C1CNC(=O)OC(C)(C)C. The zero-order chi connectivity index (χ0) is 27.8. The Morgan fingerprint density at radius 1 is 1.11 bits per heavy atom. The number of rotatable bonds is 13. The molecule has 0 aliphatic carbocycles. The van der Waals surface area contributed by atoms with Gasteiger partial charge in [0.05, 0.1) is 18.8 Å². The topological polar surface area (TPSA) is 114 Å². The molecule has 1 aliphatic rings. The van der Waals surface area contributed by atoms with Crippen LogP contribution in [0.2, 0.25) is 0 Å². The third-order valence-electron chi connectivity index (χ3n) is 5.98. The monoisotopic (exact) mass is 520 g/mol. The summed E-state index contributed by atoms with van der Waals surface area (Å²) in [6, 6.07) is 3.68. The Kier molecular flexibility index (Phi) is 10.9. The predicted octanol–water partition coefficient (Wildman–Crippen LogP) is 5.18. The maximum Gasteiger partial charge on any atom is 0.407 e. The maximum absolute atomic E-state index is 13.8. The van der Waals surface area contributed by atoms with Gasteiger partial charge in [-0.05, 0) is 57.7 Å². The summed E-state index contributed by atoms with van der Waals surface area (Å²) in [5, 5.41) is 12.5. The van der Waals surface area contributed by atoms with Gasteiger partial charge in [0, 0.05) is 24.2 Å². The highest BCUT2D eigenvalue weighted by atomic mass is 16.7. The molecule has 0 radical (unpaired) electrons. The molecule has 37 heavy (non-hydrogen) atoms. The van der Waals surface area contributed by atoms with E-state index < -0.39 is 29.5 Å². The maximum atomic E-state index is 13.8. The van der Waals surface area contributed by atoms with E-state index >= 15 is 0 Å². The number of benzene rings is 1. The van der Waals surface area contributed by atoms with Gasteiger partial charge in [-0.25, -0.2) is 9.59 Å². The molecule has 0 saturated carbocycles. The van der Waals surface area contributed by atoms with Gasteiger partial charge in [0.1, 0.15) is 11.6 Å². The molecule has 9 nitrogen and oxygen atoms in total. The molecular weight excluding hydrogens is 476 g/mol. The van der Waals surface area contributed by atoms with Crippen LogP contribution in [0.3, 0.4) is 0 Å². The highest BCUT2D eigenvalue weighted by Crippen LogP contribution is 2.42. The molecule has 2 amide bonds. The number of ether oxygens (including phenoxy) is 3. The molecule has 0 saturated heterocycles. The van der Waals surface area contributed by atoms with Gasteiger partial charge >= 0.3 is 12.1 Å². The molecule has 1 atom stereocenters. The lowest BCUT2D eigenvalue weighted by atomic mass is 9.84. The molecule has 1 heterocycles. The summed E-state index contributed by atoms with van der Waals surface area (Å²) >= 11 is 0. The molecular formula is C28H44N2O7. The highest BCUT2D eigenvalue weighted by Gasteiger charge is 2.53. The summed E-state index contributed by atoms with van der Waals surface area (Å²) in [5.74, 6) is -2.72. The number of fused-ring (bicyclic) bond motifs is 1. The third-order valence-corrected chi connectivity index (χ3v) is 5.98. The number of unbranched alkanes of at least 4 members (excludes halogenated alkanes) is 2. The molecule has 0 fully saturated rings. The summed E-state index contributed by atoms with van der Waals surface area (Å²) in [4.78, 5) is 40.0. The minimum atomic E-state index is -1.47. The zero-order valence-corrected chi connectivity index (χ0v) is 23.4. The van der Waals surface area contributed by atoms with Gasteiger partial charge in [-0.2, -0.15) is 0 Å². The second-order valence-electron chi connectivity index (χ2n) is 10.9. The van der Waals surface area contributed by atoms with E-state index in [-0.39, 0.29) is 23.9 Å². The van der Waals surface area contributed by atoms with Crippen molar-refractivity contribution in [3.8, 4) is 0 Å². The molecule has 0 spiro atoms. The van der Waals surface area contributed by atoms with E-state index in [0.29, 0.717) is 30.9 Å². The minimum Gasteiger partial charge on any atom is -0.478 e. The number of carbonyl (C=O) groups is 3. The van der Waals surface area contributed by atoms with Crippen molar-refractivity contribution in [2.45, 2.75) is 91.6 Å². The molecule has 1 aromatic carbocycles. The zero-order valence-electron chi connectivity index (χ0n) is 23.4. The van der Waals surface area contributed by atoms with Gasteiger partial charge in [-0.3, -0.25) is 4.79 Å². The first-order valence-electron chi connectivity index (χ1n) is 13.3. The fourth-order valence-corrected chi connectivity index (χ4v) is 4.30. The average molecular weight is 521 g/mol. The molecule has 2 rings (SSSR count). The normalized spacial score (nSPS) is 17.0. The molecule has 0 bridgehead atoms. The number of aromatic carboxylic acids is 1. The van der Waals surface area contributed by atoms with E-state index in [1.807, 2.05) is 27.7 Å². The van der Waals surface area contributed by atoms with Crippen LogP contribution >= 0.6 is 0 Å². The van der Waals surface area contributed by atoms with Crippen molar-refractivity contribution >= 4 is 18.0 Å². The van der Waals surface area contributed by atoms with Gasteiger partial charge in [-0.15, -0.1) is 0 Å². The van der Waals surface area contributed by atoms with Crippen LogP contribution in [0.25, 0.3) is 0 Å². The number of nitrogens with zero attached hydrogens (tertiary/aromatic N) is 1.